The summed E-state index contributed by atoms with van der Waals surface area (Å²) in [6.07, 6.45) is 1.65. The second kappa shape index (κ2) is 3.46. The van der Waals surface area contributed by atoms with Crippen molar-refractivity contribution in [1.82, 2.24) is 0 Å². The van der Waals surface area contributed by atoms with Gasteiger partial charge in [0.05, 0.1) is 13.7 Å². The zero-order chi connectivity index (χ0) is 9.42. The molecule has 1 aliphatic carbocycles. The monoisotopic (exact) mass is 204 g/mol. The first-order valence-corrected chi connectivity index (χ1v) is 5.01. The summed E-state index contributed by atoms with van der Waals surface area (Å²) in [5.41, 5.74) is 0. The van der Waals surface area contributed by atoms with Gasteiger partial charge >= 0.3 is 5.97 Å². The highest BCUT2D eigenvalue weighted by molar-refractivity contribution is 6.21. The highest BCUT2D eigenvalue weighted by atomic mass is 35.5. The predicted molar refractivity (Wildman–Crippen MR) is 47.6 cm³/mol. The van der Waals surface area contributed by atoms with Gasteiger partial charge in [-0.1, -0.05) is 0 Å². The van der Waals surface area contributed by atoms with Crippen molar-refractivity contribution in [2.45, 2.75) is 24.3 Å². The quantitative estimate of drug-likeness (QED) is 0.476. The summed E-state index contributed by atoms with van der Waals surface area (Å²) < 4.78 is 10.1. The molecule has 13 heavy (non-hydrogen) atoms. The Morgan fingerprint density at radius 3 is 3.00 bits per heavy atom. The molecule has 1 heterocycles. The first-order valence-electron chi connectivity index (χ1n) is 4.57. The molecule has 0 spiro atoms. The van der Waals surface area contributed by atoms with E-state index in [4.69, 9.17) is 16.3 Å². The smallest absolute Gasteiger partial charge is 0.335 e. The molecule has 2 aliphatic rings. The highest BCUT2D eigenvalue weighted by Gasteiger charge is 2.49. The SMILES string of the molecule is COC(=O)[C@H]1OC[C@H]2CC[C@H](Cl)[C@H]21. The van der Waals surface area contributed by atoms with Crippen LogP contribution in [0.4, 0.5) is 0 Å². The van der Waals surface area contributed by atoms with Crippen molar-refractivity contribution < 1.29 is 14.3 Å². The van der Waals surface area contributed by atoms with Gasteiger partial charge in [0.25, 0.3) is 0 Å². The van der Waals surface area contributed by atoms with E-state index < -0.39 is 6.10 Å². The van der Waals surface area contributed by atoms with Crippen LogP contribution in [0.25, 0.3) is 0 Å². The van der Waals surface area contributed by atoms with Gasteiger partial charge in [-0.15, -0.1) is 11.6 Å². The van der Waals surface area contributed by atoms with Crippen molar-refractivity contribution in [3.8, 4) is 0 Å². The summed E-state index contributed by atoms with van der Waals surface area (Å²) in [7, 11) is 1.39. The molecule has 2 rings (SSSR count). The predicted octanol–water partition coefficient (Wildman–Crippen LogP) is 1.19. The Balaban J connectivity index is 2.10. The van der Waals surface area contributed by atoms with E-state index in [1.54, 1.807) is 0 Å². The first-order chi connectivity index (χ1) is 6.24. The van der Waals surface area contributed by atoms with Gasteiger partial charge in [0.2, 0.25) is 0 Å². The van der Waals surface area contributed by atoms with Crippen molar-refractivity contribution in [2.75, 3.05) is 13.7 Å². The molecule has 4 atom stereocenters. The Morgan fingerprint density at radius 1 is 1.54 bits per heavy atom. The summed E-state index contributed by atoms with van der Waals surface area (Å²) in [6, 6.07) is 0. The Kier molecular flexibility index (Phi) is 2.47. The van der Waals surface area contributed by atoms with Crippen LogP contribution in [-0.2, 0) is 14.3 Å². The van der Waals surface area contributed by atoms with Crippen LogP contribution in [0.2, 0.25) is 0 Å². The second-order valence-corrected chi connectivity index (χ2v) is 4.27. The second-order valence-electron chi connectivity index (χ2n) is 3.71. The van der Waals surface area contributed by atoms with E-state index in [-0.39, 0.29) is 17.3 Å². The topological polar surface area (TPSA) is 35.5 Å². The van der Waals surface area contributed by atoms with Gasteiger partial charge in [0, 0.05) is 11.3 Å². The molecular formula is C9H13ClO3. The number of halogens is 1. The maximum absolute atomic E-state index is 11.3. The fraction of sp³-hybridized carbons (Fsp3) is 0.889. The average Bonchev–Trinajstić information content (AvgIpc) is 2.68. The fourth-order valence-corrected chi connectivity index (χ4v) is 2.83. The van der Waals surface area contributed by atoms with E-state index >= 15 is 0 Å². The minimum Gasteiger partial charge on any atom is -0.467 e. The third-order valence-electron chi connectivity index (χ3n) is 3.05. The van der Waals surface area contributed by atoms with Crippen LogP contribution in [0.1, 0.15) is 12.8 Å². The Labute approximate surface area is 82.3 Å². The molecule has 0 N–H and O–H groups in total. The van der Waals surface area contributed by atoms with Crippen LogP contribution in [0, 0.1) is 11.8 Å². The van der Waals surface area contributed by atoms with Gasteiger partial charge in [0.1, 0.15) is 0 Å². The summed E-state index contributed by atoms with van der Waals surface area (Å²) in [6.45, 7) is 0.660. The van der Waals surface area contributed by atoms with Gasteiger partial charge in [-0.05, 0) is 18.8 Å². The largest absolute Gasteiger partial charge is 0.467 e. The number of carbonyl (C=O) groups excluding carboxylic acids is 1. The molecular weight excluding hydrogens is 192 g/mol. The van der Waals surface area contributed by atoms with Crippen molar-refractivity contribution in [3.05, 3.63) is 0 Å². The van der Waals surface area contributed by atoms with Crippen molar-refractivity contribution in [1.29, 1.82) is 0 Å². The van der Waals surface area contributed by atoms with E-state index in [0.29, 0.717) is 12.5 Å². The minimum atomic E-state index is -0.417. The molecule has 1 saturated heterocycles. The van der Waals surface area contributed by atoms with E-state index in [1.807, 2.05) is 0 Å². The van der Waals surface area contributed by atoms with Crippen LogP contribution in [0.15, 0.2) is 0 Å². The number of fused-ring (bicyclic) bond motifs is 1. The molecule has 0 radical (unpaired) electrons. The highest BCUT2D eigenvalue weighted by Crippen LogP contribution is 2.43. The Morgan fingerprint density at radius 2 is 2.31 bits per heavy atom. The lowest BCUT2D eigenvalue weighted by Crippen LogP contribution is -2.32. The zero-order valence-corrected chi connectivity index (χ0v) is 8.29. The molecule has 0 unspecified atom stereocenters. The molecule has 0 aromatic rings. The Hall–Kier alpha value is -0.280. The van der Waals surface area contributed by atoms with Crippen molar-refractivity contribution in [2.24, 2.45) is 11.8 Å². The van der Waals surface area contributed by atoms with Gasteiger partial charge in [-0.25, -0.2) is 4.79 Å². The number of alkyl halides is 1. The molecule has 0 aromatic carbocycles. The van der Waals surface area contributed by atoms with Crippen molar-refractivity contribution >= 4 is 17.6 Å². The lowest BCUT2D eigenvalue weighted by molar-refractivity contribution is -0.153. The summed E-state index contributed by atoms with van der Waals surface area (Å²) in [5, 5.41) is 0.0802. The maximum Gasteiger partial charge on any atom is 0.335 e. The van der Waals surface area contributed by atoms with Crippen LogP contribution in [0.3, 0.4) is 0 Å². The molecule has 0 bridgehead atoms. The molecule has 2 fully saturated rings. The van der Waals surface area contributed by atoms with E-state index in [1.165, 1.54) is 7.11 Å². The number of methoxy groups -OCH3 is 1. The van der Waals surface area contributed by atoms with Crippen LogP contribution < -0.4 is 0 Å². The Bertz CT molecular complexity index is 219. The van der Waals surface area contributed by atoms with E-state index in [9.17, 15) is 4.79 Å². The van der Waals surface area contributed by atoms with E-state index in [0.717, 1.165) is 12.8 Å². The molecule has 0 amide bonds. The summed E-state index contributed by atoms with van der Waals surface area (Å²) in [4.78, 5) is 11.3. The number of carbonyl (C=O) groups is 1. The summed E-state index contributed by atoms with van der Waals surface area (Å²) in [5.74, 6) is 0.362. The van der Waals surface area contributed by atoms with Gasteiger partial charge in [0.15, 0.2) is 6.10 Å². The average molecular weight is 205 g/mol. The minimum absolute atomic E-state index is 0.0802. The number of hydrogen-bond donors (Lipinski definition) is 0. The fourth-order valence-electron chi connectivity index (χ4n) is 2.36. The van der Waals surface area contributed by atoms with Gasteiger partial charge < -0.3 is 9.47 Å². The third kappa shape index (κ3) is 1.44. The summed E-state index contributed by atoms with van der Waals surface area (Å²) >= 11 is 6.12. The first kappa shape index (κ1) is 9.28. The number of ether oxygens (including phenoxy) is 2. The van der Waals surface area contributed by atoms with Crippen LogP contribution >= 0.6 is 11.6 Å². The molecule has 1 aliphatic heterocycles. The molecule has 3 nitrogen and oxygen atoms in total. The molecule has 4 heteroatoms. The zero-order valence-electron chi connectivity index (χ0n) is 7.53. The van der Waals surface area contributed by atoms with E-state index in [2.05, 4.69) is 4.74 Å². The normalized spacial score (nSPS) is 43.2. The van der Waals surface area contributed by atoms with Crippen molar-refractivity contribution in [3.63, 3.8) is 0 Å². The molecule has 0 aromatic heterocycles. The lowest BCUT2D eigenvalue weighted by atomic mass is 9.94. The van der Waals surface area contributed by atoms with Gasteiger partial charge in [-0.2, -0.15) is 0 Å². The standard InChI is InChI=1S/C9H13ClO3/c1-12-9(11)8-7-5(4-13-8)2-3-6(7)10/h5-8H,2-4H2,1H3/t5-,6+,7+,8+/m1/s1. The van der Waals surface area contributed by atoms with Gasteiger partial charge in [-0.3, -0.25) is 0 Å². The number of esters is 1. The van der Waals surface area contributed by atoms with Crippen LogP contribution in [0.5, 0.6) is 0 Å². The lowest BCUT2D eigenvalue weighted by Gasteiger charge is -2.17. The number of hydrogen-bond acceptors (Lipinski definition) is 3. The molecule has 74 valence electrons. The maximum atomic E-state index is 11.3. The molecule has 1 saturated carbocycles. The third-order valence-corrected chi connectivity index (χ3v) is 3.56. The van der Waals surface area contributed by atoms with Crippen LogP contribution in [-0.4, -0.2) is 31.2 Å². The number of rotatable bonds is 1.